The van der Waals surface area contributed by atoms with Crippen molar-refractivity contribution in [3.05, 3.63) is 133 Å². The highest BCUT2D eigenvalue weighted by molar-refractivity contribution is 5.99. The van der Waals surface area contributed by atoms with Crippen LogP contribution in [0.25, 0.3) is 22.0 Å². The van der Waals surface area contributed by atoms with Crippen LogP contribution in [0.3, 0.4) is 0 Å². The summed E-state index contributed by atoms with van der Waals surface area (Å²) in [7, 11) is 1.97. The average molecular weight is 824 g/mol. The molecule has 4 aromatic carbocycles. The number of fused-ring (bicyclic) bond motifs is 2. The summed E-state index contributed by atoms with van der Waals surface area (Å²) in [5, 5.41) is 17.4. The SMILES string of the molecule is C=CCN1CC(=O)N2[C@@H](Cc3ccc(O)cc3)C(=O)N(Cc3cccc4c(-c5ccc(NC(=O)CCCCCC(N)=O)cc5)cn(C)c34)C[C@@H]2N1C(=O)CCc1ccccc1. The van der Waals surface area contributed by atoms with Crippen molar-refractivity contribution in [2.24, 2.45) is 12.8 Å². The molecule has 0 bridgehead atoms. The van der Waals surface area contributed by atoms with Gasteiger partial charge in [0.05, 0.1) is 18.6 Å². The molecule has 2 aliphatic heterocycles. The molecule has 2 aliphatic rings. The van der Waals surface area contributed by atoms with Gasteiger partial charge in [0.25, 0.3) is 0 Å². The zero-order chi connectivity index (χ0) is 43.0. The van der Waals surface area contributed by atoms with E-state index in [1.165, 1.54) is 0 Å². The number of carbonyl (C=O) groups excluding carboxylic acids is 5. The van der Waals surface area contributed by atoms with E-state index < -0.39 is 12.2 Å². The van der Waals surface area contributed by atoms with E-state index in [1.807, 2.05) is 73.8 Å². The van der Waals surface area contributed by atoms with Gasteiger partial charge in [-0.25, -0.2) is 10.0 Å². The van der Waals surface area contributed by atoms with Gasteiger partial charge >= 0.3 is 0 Å². The first-order valence-electron chi connectivity index (χ1n) is 20.9. The van der Waals surface area contributed by atoms with E-state index in [4.69, 9.17) is 5.73 Å². The number of aromatic nitrogens is 1. The molecule has 7 rings (SSSR count). The summed E-state index contributed by atoms with van der Waals surface area (Å²) in [5.41, 5.74) is 11.5. The lowest BCUT2D eigenvalue weighted by Crippen LogP contribution is -2.75. The number of carbonyl (C=O) groups is 5. The number of nitrogens with two attached hydrogens (primary N) is 1. The fourth-order valence-electron chi connectivity index (χ4n) is 8.60. The zero-order valence-corrected chi connectivity index (χ0v) is 34.5. The van der Waals surface area contributed by atoms with Gasteiger partial charge in [0.1, 0.15) is 18.0 Å². The second-order valence-corrected chi connectivity index (χ2v) is 15.9. The molecular formula is C48H53N7O6. The normalized spacial score (nSPS) is 16.8. The molecule has 0 unspecified atom stereocenters. The number of phenols is 1. The predicted octanol–water partition coefficient (Wildman–Crippen LogP) is 5.91. The number of anilines is 1. The number of primary amides is 1. The van der Waals surface area contributed by atoms with E-state index >= 15 is 0 Å². The number of rotatable bonds is 17. The largest absolute Gasteiger partial charge is 0.508 e. The van der Waals surface area contributed by atoms with Crippen molar-refractivity contribution in [3.63, 3.8) is 0 Å². The molecule has 61 heavy (non-hydrogen) atoms. The molecule has 13 heteroatoms. The minimum Gasteiger partial charge on any atom is -0.508 e. The first-order valence-corrected chi connectivity index (χ1v) is 20.9. The Bertz CT molecular complexity index is 2400. The highest BCUT2D eigenvalue weighted by atomic mass is 16.3. The molecule has 4 N–H and O–H groups in total. The van der Waals surface area contributed by atoms with Gasteiger partial charge in [-0.05, 0) is 65.8 Å². The molecular weight excluding hydrogens is 771 g/mol. The average Bonchev–Trinajstić information content (AvgIpc) is 3.59. The molecule has 2 saturated heterocycles. The lowest BCUT2D eigenvalue weighted by atomic mass is 9.97. The summed E-state index contributed by atoms with van der Waals surface area (Å²) in [6.07, 6.45) is 6.70. The highest BCUT2D eigenvalue weighted by Crippen LogP contribution is 2.35. The number of aromatic hydroxyl groups is 1. The molecule has 0 spiro atoms. The molecule has 0 radical (unpaired) electrons. The Morgan fingerprint density at radius 1 is 0.869 bits per heavy atom. The highest BCUT2D eigenvalue weighted by Gasteiger charge is 2.51. The minimum absolute atomic E-state index is 0.0720. The number of aryl methyl sites for hydroxylation is 2. The molecule has 2 atom stereocenters. The van der Waals surface area contributed by atoms with Crippen molar-refractivity contribution in [2.75, 3.05) is 25.0 Å². The van der Waals surface area contributed by atoms with E-state index in [0.29, 0.717) is 37.8 Å². The first-order chi connectivity index (χ1) is 29.5. The summed E-state index contributed by atoms with van der Waals surface area (Å²) < 4.78 is 2.05. The molecule has 5 aromatic rings. The third-order valence-electron chi connectivity index (χ3n) is 11.5. The number of unbranched alkanes of at least 4 members (excludes halogenated alkanes) is 2. The molecule has 3 heterocycles. The molecule has 316 valence electrons. The van der Waals surface area contributed by atoms with Crippen molar-refractivity contribution in [3.8, 4) is 16.9 Å². The fourth-order valence-corrected chi connectivity index (χ4v) is 8.60. The van der Waals surface area contributed by atoms with Crippen LogP contribution >= 0.6 is 0 Å². The molecule has 13 nitrogen and oxygen atoms in total. The van der Waals surface area contributed by atoms with Crippen LogP contribution in [-0.2, 0) is 50.4 Å². The standard InChI is InChI=1S/C48H53N7O6/c1-3-27-53-32-46(60)54-41(28-34-17-24-38(56)25-18-34)48(61)52(31-44(54)55(53)45(59)26-19-33-11-6-4-7-12-33)29-36-13-10-14-39-40(30-51(2)47(36)39)35-20-22-37(23-21-35)50-43(58)16-9-5-8-15-42(49)57/h3-4,6-7,10-14,17-18,20-25,30,41,44,56H,1,5,8-9,15-16,19,26-29,31-32H2,2H3,(H2,49,57)(H,50,58)/t41-,44-/m0/s1. The smallest absolute Gasteiger partial charge is 0.246 e. The van der Waals surface area contributed by atoms with Gasteiger partial charge < -0.3 is 30.5 Å². The number of hydrazine groups is 1. The Morgan fingerprint density at radius 2 is 1.61 bits per heavy atom. The number of nitrogens with one attached hydrogen (secondary N) is 1. The second kappa shape index (κ2) is 19.1. The van der Waals surface area contributed by atoms with E-state index in [9.17, 15) is 29.1 Å². The Hall–Kier alpha value is -6.73. The lowest BCUT2D eigenvalue weighted by molar-refractivity contribution is -0.205. The maximum absolute atomic E-state index is 14.8. The van der Waals surface area contributed by atoms with Crippen LogP contribution in [0.4, 0.5) is 5.69 Å². The van der Waals surface area contributed by atoms with Gasteiger partial charge in [0, 0.05) is 68.7 Å². The van der Waals surface area contributed by atoms with Crippen LogP contribution in [0, 0.1) is 0 Å². The van der Waals surface area contributed by atoms with Gasteiger partial charge in [-0.1, -0.05) is 85.3 Å². The van der Waals surface area contributed by atoms with Crippen molar-refractivity contribution >= 4 is 46.1 Å². The number of amides is 5. The van der Waals surface area contributed by atoms with Gasteiger partial charge in [0.15, 0.2) is 0 Å². The zero-order valence-electron chi connectivity index (χ0n) is 34.5. The third-order valence-corrected chi connectivity index (χ3v) is 11.5. The Morgan fingerprint density at radius 3 is 2.33 bits per heavy atom. The summed E-state index contributed by atoms with van der Waals surface area (Å²) in [4.78, 5) is 70.1. The summed E-state index contributed by atoms with van der Waals surface area (Å²) >= 11 is 0. The minimum atomic E-state index is -0.893. The molecule has 2 fully saturated rings. The van der Waals surface area contributed by atoms with Gasteiger partial charge in [-0.3, -0.25) is 24.0 Å². The number of hydrogen-bond acceptors (Lipinski definition) is 7. The number of hydrogen-bond donors (Lipinski definition) is 3. The molecule has 5 amide bonds. The maximum atomic E-state index is 14.8. The predicted molar refractivity (Wildman–Crippen MR) is 234 cm³/mol. The quantitative estimate of drug-likeness (QED) is 0.0776. The number of phenolic OH excluding ortho intramolecular Hbond substituents is 1. The van der Waals surface area contributed by atoms with Crippen molar-refractivity contribution in [2.45, 2.75) is 70.1 Å². The Kier molecular flexibility index (Phi) is 13.3. The maximum Gasteiger partial charge on any atom is 0.246 e. The van der Waals surface area contributed by atoms with Crippen LogP contribution < -0.4 is 11.1 Å². The number of nitrogens with zero attached hydrogens (tertiary/aromatic N) is 5. The van der Waals surface area contributed by atoms with E-state index in [2.05, 4.69) is 28.7 Å². The van der Waals surface area contributed by atoms with Gasteiger partial charge in [-0.15, -0.1) is 6.58 Å². The molecule has 0 aliphatic carbocycles. The second-order valence-electron chi connectivity index (χ2n) is 15.9. The van der Waals surface area contributed by atoms with Gasteiger partial charge in [-0.2, -0.15) is 0 Å². The van der Waals surface area contributed by atoms with Gasteiger partial charge in [0.2, 0.25) is 29.5 Å². The van der Waals surface area contributed by atoms with Crippen LogP contribution in [0.1, 0.15) is 55.2 Å². The van der Waals surface area contributed by atoms with Crippen LogP contribution in [0.2, 0.25) is 0 Å². The monoisotopic (exact) mass is 823 g/mol. The van der Waals surface area contributed by atoms with Crippen molar-refractivity contribution < 1.29 is 29.1 Å². The molecule has 1 aromatic heterocycles. The summed E-state index contributed by atoms with van der Waals surface area (Å²) in [6.45, 7) is 4.46. The summed E-state index contributed by atoms with van der Waals surface area (Å²) in [6, 6.07) is 29.3. The first kappa shape index (κ1) is 42.4. The van der Waals surface area contributed by atoms with E-state index in [1.54, 1.807) is 50.2 Å². The lowest BCUT2D eigenvalue weighted by Gasteiger charge is -2.55. The van der Waals surface area contributed by atoms with E-state index in [-0.39, 0.29) is 74.3 Å². The number of piperazine rings is 1. The Balaban J connectivity index is 1.16. The third kappa shape index (κ3) is 9.84. The molecule has 0 saturated carbocycles. The van der Waals surface area contributed by atoms with Crippen molar-refractivity contribution in [1.29, 1.82) is 0 Å². The fraction of sp³-hybridized carbons (Fsp3) is 0.312. The summed E-state index contributed by atoms with van der Waals surface area (Å²) in [5.74, 6) is -0.937. The Labute approximate surface area is 356 Å². The van der Waals surface area contributed by atoms with E-state index in [0.717, 1.165) is 45.1 Å². The van der Waals surface area contributed by atoms with Crippen LogP contribution in [0.15, 0.2) is 116 Å². The number of para-hydroxylation sites is 1. The van der Waals surface area contributed by atoms with Crippen LogP contribution in [-0.4, -0.2) is 90.9 Å². The van der Waals surface area contributed by atoms with Crippen LogP contribution in [0.5, 0.6) is 5.75 Å². The number of benzene rings is 4. The van der Waals surface area contributed by atoms with Crippen molar-refractivity contribution in [1.82, 2.24) is 24.4 Å². The topological polar surface area (TPSA) is 162 Å².